The minimum Gasteiger partial charge on any atom is -0.366 e. The van der Waals surface area contributed by atoms with E-state index in [2.05, 4.69) is 34.5 Å². The summed E-state index contributed by atoms with van der Waals surface area (Å²) in [5.41, 5.74) is 5.15. The lowest BCUT2D eigenvalue weighted by Gasteiger charge is -2.33. The van der Waals surface area contributed by atoms with Crippen LogP contribution in [0.5, 0.6) is 0 Å². The number of likely N-dealkylation sites (tertiary alicyclic amines) is 1. The summed E-state index contributed by atoms with van der Waals surface area (Å²) < 4.78 is 0. The van der Waals surface area contributed by atoms with Crippen molar-refractivity contribution in [2.75, 3.05) is 29.9 Å². The maximum atomic E-state index is 13.4. The van der Waals surface area contributed by atoms with Gasteiger partial charge in [0.1, 0.15) is 0 Å². The summed E-state index contributed by atoms with van der Waals surface area (Å²) in [6.07, 6.45) is 7.31. The molecule has 5 nitrogen and oxygen atoms in total. The van der Waals surface area contributed by atoms with E-state index in [1.165, 1.54) is 11.1 Å². The molecule has 162 valence electrons. The lowest BCUT2D eigenvalue weighted by molar-refractivity contribution is -0.119. The van der Waals surface area contributed by atoms with Crippen LogP contribution in [-0.4, -0.2) is 36.3 Å². The van der Waals surface area contributed by atoms with E-state index in [-0.39, 0.29) is 17.7 Å². The number of carbonyl (C=O) groups excluding carboxylic acids is 2. The molecule has 2 fully saturated rings. The van der Waals surface area contributed by atoms with Gasteiger partial charge < -0.3 is 15.1 Å². The number of carbonyl (C=O) groups is 2. The number of rotatable bonds is 4. The Morgan fingerprint density at radius 3 is 2.39 bits per heavy atom. The standard InChI is InChI=1S/C26H31N3O2/c30-25(20-8-2-3-9-20)27-22-11-12-24(23(17-22)26(31)28-14-5-6-15-28)29-16-13-19-7-1-4-10-21(19)18-29/h1,4,7,10-12,17,20H,2-3,5-6,8-9,13-16,18H2,(H,27,30). The maximum Gasteiger partial charge on any atom is 0.256 e. The summed E-state index contributed by atoms with van der Waals surface area (Å²) in [6.45, 7) is 3.34. The number of hydrogen-bond acceptors (Lipinski definition) is 3. The zero-order valence-corrected chi connectivity index (χ0v) is 18.1. The van der Waals surface area contributed by atoms with Crippen molar-refractivity contribution in [3.05, 3.63) is 59.2 Å². The van der Waals surface area contributed by atoms with Crippen molar-refractivity contribution < 1.29 is 9.59 Å². The molecule has 31 heavy (non-hydrogen) atoms. The van der Waals surface area contributed by atoms with E-state index in [1.54, 1.807) is 0 Å². The lowest BCUT2D eigenvalue weighted by Crippen LogP contribution is -2.34. The molecular weight excluding hydrogens is 386 g/mol. The number of nitrogens with one attached hydrogen (secondary N) is 1. The highest BCUT2D eigenvalue weighted by Gasteiger charge is 2.27. The first kappa shape index (κ1) is 20.1. The van der Waals surface area contributed by atoms with Crippen molar-refractivity contribution in [2.24, 2.45) is 5.92 Å². The summed E-state index contributed by atoms with van der Waals surface area (Å²) in [5.74, 6) is 0.288. The van der Waals surface area contributed by atoms with E-state index in [4.69, 9.17) is 0 Å². The Labute approximate surface area is 184 Å². The van der Waals surface area contributed by atoms with E-state index in [0.29, 0.717) is 5.56 Å². The molecule has 2 aliphatic heterocycles. The number of anilines is 2. The highest BCUT2D eigenvalue weighted by molar-refractivity contribution is 6.02. The number of benzene rings is 2. The Hall–Kier alpha value is -2.82. The van der Waals surface area contributed by atoms with E-state index >= 15 is 0 Å². The van der Waals surface area contributed by atoms with Crippen LogP contribution in [0.2, 0.25) is 0 Å². The molecule has 1 saturated carbocycles. The molecule has 2 aromatic carbocycles. The summed E-state index contributed by atoms with van der Waals surface area (Å²) in [7, 11) is 0. The molecular formula is C26H31N3O2. The summed E-state index contributed by atoms with van der Waals surface area (Å²) in [4.78, 5) is 30.4. The summed E-state index contributed by atoms with van der Waals surface area (Å²) >= 11 is 0. The minimum absolute atomic E-state index is 0.0864. The van der Waals surface area contributed by atoms with Gasteiger partial charge >= 0.3 is 0 Å². The van der Waals surface area contributed by atoms with E-state index < -0.39 is 0 Å². The van der Waals surface area contributed by atoms with Gasteiger partial charge in [0, 0.05) is 43.5 Å². The van der Waals surface area contributed by atoms with Gasteiger partial charge in [-0.2, -0.15) is 0 Å². The first-order chi connectivity index (χ1) is 15.2. The molecule has 1 saturated heterocycles. The van der Waals surface area contributed by atoms with Crippen LogP contribution in [-0.2, 0) is 17.8 Å². The Morgan fingerprint density at radius 2 is 1.61 bits per heavy atom. The van der Waals surface area contributed by atoms with Crippen LogP contribution in [0.3, 0.4) is 0 Å². The molecule has 2 amide bonds. The van der Waals surface area contributed by atoms with Crippen molar-refractivity contribution in [2.45, 2.75) is 51.5 Å². The van der Waals surface area contributed by atoms with Crippen molar-refractivity contribution in [3.8, 4) is 0 Å². The third-order valence-electron chi connectivity index (χ3n) is 7.09. The zero-order valence-electron chi connectivity index (χ0n) is 18.1. The van der Waals surface area contributed by atoms with Crippen LogP contribution in [0, 0.1) is 5.92 Å². The second-order valence-corrected chi connectivity index (χ2v) is 9.14. The van der Waals surface area contributed by atoms with E-state index in [9.17, 15) is 9.59 Å². The Balaban J connectivity index is 1.44. The molecule has 2 aromatic rings. The smallest absolute Gasteiger partial charge is 0.256 e. The molecule has 0 bridgehead atoms. The fourth-order valence-electron chi connectivity index (χ4n) is 5.29. The SMILES string of the molecule is O=C(Nc1ccc(N2CCc3ccccc3C2)c(C(=O)N2CCCC2)c1)C1CCCC1. The summed E-state index contributed by atoms with van der Waals surface area (Å²) in [6, 6.07) is 14.5. The van der Waals surface area contributed by atoms with Crippen LogP contribution in [0.25, 0.3) is 0 Å². The van der Waals surface area contributed by atoms with Gasteiger partial charge in [-0.1, -0.05) is 37.1 Å². The molecule has 1 N–H and O–H groups in total. The molecule has 0 radical (unpaired) electrons. The van der Waals surface area contributed by atoms with E-state index in [1.807, 2.05) is 23.1 Å². The van der Waals surface area contributed by atoms with Crippen LogP contribution in [0.1, 0.15) is 60.0 Å². The zero-order chi connectivity index (χ0) is 21.2. The number of amides is 2. The third-order valence-corrected chi connectivity index (χ3v) is 7.09. The number of nitrogens with zero attached hydrogens (tertiary/aromatic N) is 2. The van der Waals surface area contributed by atoms with Gasteiger partial charge in [0.15, 0.2) is 0 Å². The van der Waals surface area contributed by atoms with Gasteiger partial charge in [0.05, 0.1) is 5.56 Å². The topological polar surface area (TPSA) is 52.7 Å². The molecule has 5 heteroatoms. The first-order valence-electron chi connectivity index (χ1n) is 11.7. The average Bonchev–Trinajstić information content (AvgIpc) is 3.53. The lowest BCUT2D eigenvalue weighted by atomic mass is 9.98. The molecule has 0 atom stereocenters. The molecule has 0 spiro atoms. The molecule has 3 aliphatic rings. The molecule has 0 unspecified atom stereocenters. The van der Waals surface area contributed by atoms with Crippen LogP contribution < -0.4 is 10.2 Å². The van der Waals surface area contributed by atoms with Crippen LogP contribution in [0.15, 0.2) is 42.5 Å². The van der Waals surface area contributed by atoms with Gasteiger partial charge in [-0.05, 0) is 61.4 Å². The fourth-order valence-corrected chi connectivity index (χ4v) is 5.29. The summed E-state index contributed by atoms with van der Waals surface area (Å²) in [5, 5.41) is 3.09. The average molecular weight is 418 g/mol. The Morgan fingerprint density at radius 1 is 0.871 bits per heavy atom. The highest BCUT2D eigenvalue weighted by Crippen LogP contribution is 2.32. The van der Waals surface area contributed by atoms with Crippen LogP contribution >= 0.6 is 0 Å². The fraction of sp³-hybridized carbons (Fsp3) is 0.462. The second kappa shape index (κ2) is 8.74. The highest BCUT2D eigenvalue weighted by atomic mass is 16.2. The molecule has 0 aromatic heterocycles. The molecule has 2 heterocycles. The van der Waals surface area contributed by atoms with E-state index in [0.717, 1.165) is 82.5 Å². The molecule has 1 aliphatic carbocycles. The largest absolute Gasteiger partial charge is 0.366 e. The van der Waals surface area contributed by atoms with Crippen molar-refractivity contribution >= 4 is 23.2 Å². The third kappa shape index (κ3) is 4.18. The minimum atomic E-state index is 0.0864. The van der Waals surface area contributed by atoms with Gasteiger partial charge in [-0.25, -0.2) is 0 Å². The number of hydrogen-bond donors (Lipinski definition) is 1. The van der Waals surface area contributed by atoms with Gasteiger partial charge in [0.25, 0.3) is 5.91 Å². The van der Waals surface area contributed by atoms with Gasteiger partial charge in [-0.15, -0.1) is 0 Å². The van der Waals surface area contributed by atoms with Gasteiger partial charge in [-0.3, -0.25) is 9.59 Å². The Bertz CT molecular complexity index is 974. The van der Waals surface area contributed by atoms with Crippen molar-refractivity contribution in [1.82, 2.24) is 4.90 Å². The van der Waals surface area contributed by atoms with Crippen molar-refractivity contribution in [3.63, 3.8) is 0 Å². The second-order valence-electron chi connectivity index (χ2n) is 9.14. The maximum absolute atomic E-state index is 13.4. The predicted molar refractivity (Wildman–Crippen MR) is 123 cm³/mol. The van der Waals surface area contributed by atoms with Gasteiger partial charge in [0.2, 0.25) is 5.91 Å². The normalized spacial score (nSPS) is 18.8. The molecule has 5 rings (SSSR count). The predicted octanol–water partition coefficient (Wildman–Crippen LogP) is 4.61. The Kier molecular flexibility index (Phi) is 5.66. The monoisotopic (exact) mass is 417 g/mol. The first-order valence-corrected chi connectivity index (χ1v) is 11.7. The van der Waals surface area contributed by atoms with Crippen molar-refractivity contribution in [1.29, 1.82) is 0 Å². The van der Waals surface area contributed by atoms with Crippen LogP contribution in [0.4, 0.5) is 11.4 Å². The quantitative estimate of drug-likeness (QED) is 0.790. The number of fused-ring (bicyclic) bond motifs is 1.